The maximum atomic E-state index is 12.6. The van der Waals surface area contributed by atoms with Crippen LogP contribution in [0.2, 0.25) is 0 Å². The van der Waals surface area contributed by atoms with Crippen LogP contribution in [0, 0.1) is 23.7 Å². The van der Waals surface area contributed by atoms with E-state index in [2.05, 4.69) is 42.7 Å². The van der Waals surface area contributed by atoms with Gasteiger partial charge in [0.2, 0.25) is 0 Å². The highest BCUT2D eigenvalue weighted by atomic mass is 16.2. The van der Waals surface area contributed by atoms with Crippen LogP contribution in [0.4, 0.5) is 5.69 Å². The Morgan fingerprint density at radius 3 is 2.07 bits per heavy atom. The maximum absolute atomic E-state index is 12.6. The lowest BCUT2D eigenvalue weighted by Gasteiger charge is -2.20. The molecule has 4 nitrogen and oxygen atoms in total. The average molecular weight is 357 g/mol. The lowest BCUT2D eigenvalue weighted by molar-refractivity contribution is 0.0783. The van der Waals surface area contributed by atoms with E-state index in [9.17, 15) is 4.79 Å². The number of carbonyl (C=O) groups is 1. The van der Waals surface area contributed by atoms with Crippen LogP contribution in [0.3, 0.4) is 0 Å². The number of likely N-dealkylation sites (N-methyl/N-ethyl adjacent to an activating group) is 1. The predicted octanol–water partition coefficient (Wildman–Crippen LogP) is 2.45. The van der Waals surface area contributed by atoms with Gasteiger partial charge in [-0.3, -0.25) is 4.79 Å². The lowest BCUT2D eigenvalue weighted by Crippen LogP contribution is -2.34. The van der Waals surface area contributed by atoms with Gasteiger partial charge in [-0.25, -0.2) is 0 Å². The minimum Gasteiger partial charge on any atom is -0.399 e. The van der Waals surface area contributed by atoms with Gasteiger partial charge in [0.15, 0.2) is 0 Å². The molecule has 0 spiro atoms. The molecule has 1 aliphatic heterocycles. The number of hydrogen-bond acceptors (Lipinski definition) is 3. The fourth-order valence-corrected chi connectivity index (χ4v) is 3.00. The highest BCUT2D eigenvalue weighted by Crippen LogP contribution is 2.16. The summed E-state index contributed by atoms with van der Waals surface area (Å²) >= 11 is 0. The van der Waals surface area contributed by atoms with Gasteiger partial charge in [0.25, 0.3) is 5.91 Å². The average Bonchev–Trinajstić information content (AvgIpc) is 3.17. The molecule has 1 heterocycles. The van der Waals surface area contributed by atoms with E-state index in [4.69, 9.17) is 5.73 Å². The first-order chi connectivity index (χ1) is 13.0. The Balaban J connectivity index is 1.61. The summed E-state index contributed by atoms with van der Waals surface area (Å²) in [6, 6.07) is 15.2. The van der Waals surface area contributed by atoms with Crippen LogP contribution in [0.5, 0.6) is 0 Å². The van der Waals surface area contributed by atoms with Crippen molar-refractivity contribution in [1.29, 1.82) is 0 Å². The Hall–Kier alpha value is -3.21. The van der Waals surface area contributed by atoms with Gasteiger partial charge in [0.05, 0.1) is 0 Å². The molecule has 4 heteroatoms. The second kappa shape index (κ2) is 8.45. The van der Waals surface area contributed by atoms with Gasteiger partial charge in [-0.2, -0.15) is 0 Å². The Bertz CT molecular complexity index is 922. The summed E-state index contributed by atoms with van der Waals surface area (Å²) in [6.07, 6.45) is 1.02. The van der Waals surface area contributed by atoms with Gasteiger partial charge in [-0.05, 0) is 80.9 Å². The van der Waals surface area contributed by atoms with Crippen LogP contribution in [0.15, 0.2) is 48.5 Å². The lowest BCUT2D eigenvalue weighted by atomic mass is 10.1. The first-order valence-electron chi connectivity index (χ1n) is 8.96. The van der Waals surface area contributed by atoms with Crippen molar-refractivity contribution in [2.75, 3.05) is 32.9 Å². The SMILES string of the molecule is CN(C)C1CCN(C(=O)c2ccc(C#CC#Cc3ccc(N)cc3)cc2)C1. The second-order valence-electron chi connectivity index (χ2n) is 6.86. The van der Waals surface area contributed by atoms with Crippen molar-refractivity contribution >= 4 is 11.6 Å². The molecule has 3 rings (SSSR count). The van der Waals surface area contributed by atoms with Crippen LogP contribution in [0.25, 0.3) is 0 Å². The van der Waals surface area contributed by atoms with Crippen molar-refractivity contribution < 1.29 is 4.79 Å². The highest BCUT2D eigenvalue weighted by molar-refractivity contribution is 5.94. The molecule has 1 aliphatic rings. The molecule has 2 aromatic rings. The molecule has 0 aromatic heterocycles. The monoisotopic (exact) mass is 357 g/mol. The molecule has 1 fully saturated rings. The molecule has 1 unspecified atom stereocenters. The van der Waals surface area contributed by atoms with Gasteiger partial charge in [-0.1, -0.05) is 11.8 Å². The Morgan fingerprint density at radius 1 is 1.00 bits per heavy atom. The molecule has 1 saturated heterocycles. The van der Waals surface area contributed by atoms with E-state index >= 15 is 0 Å². The summed E-state index contributed by atoms with van der Waals surface area (Å²) < 4.78 is 0. The zero-order valence-electron chi connectivity index (χ0n) is 15.7. The third-order valence-electron chi connectivity index (χ3n) is 4.70. The number of likely N-dealkylation sites (tertiary alicyclic amines) is 1. The number of carbonyl (C=O) groups excluding carboxylic acids is 1. The standard InChI is InChI=1S/C23H23N3O/c1-25(2)22-15-16-26(17-22)23(27)20-11-7-18(8-12-20)5-3-4-6-19-9-13-21(24)14-10-19/h7-14,22H,15-17,24H2,1-2H3. The molecule has 2 aromatic carbocycles. The number of nitrogens with zero attached hydrogens (tertiary/aromatic N) is 2. The summed E-state index contributed by atoms with van der Waals surface area (Å²) in [4.78, 5) is 16.7. The molecule has 136 valence electrons. The van der Waals surface area contributed by atoms with Gasteiger partial charge in [0, 0.05) is 41.5 Å². The van der Waals surface area contributed by atoms with Gasteiger partial charge in [0.1, 0.15) is 0 Å². The van der Waals surface area contributed by atoms with E-state index in [1.165, 1.54) is 0 Å². The molecule has 27 heavy (non-hydrogen) atoms. The molecule has 0 aliphatic carbocycles. The third kappa shape index (κ3) is 4.91. The first-order valence-corrected chi connectivity index (χ1v) is 8.96. The van der Waals surface area contributed by atoms with Gasteiger partial charge < -0.3 is 15.5 Å². The number of anilines is 1. The highest BCUT2D eigenvalue weighted by Gasteiger charge is 2.27. The number of hydrogen-bond donors (Lipinski definition) is 1. The van der Waals surface area contributed by atoms with Gasteiger partial charge >= 0.3 is 0 Å². The number of nitrogens with two attached hydrogens (primary N) is 1. The molecule has 0 radical (unpaired) electrons. The maximum Gasteiger partial charge on any atom is 0.253 e. The van der Waals surface area contributed by atoms with Crippen LogP contribution in [-0.2, 0) is 0 Å². The fourth-order valence-electron chi connectivity index (χ4n) is 3.00. The van der Waals surface area contributed by atoms with E-state index in [1.54, 1.807) is 0 Å². The Kier molecular flexibility index (Phi) is 5.81. The number of rotatable bonds is 2. The molecule has 1 amide bonds. The summed E-state index contributed by atoms with van der Waals surface area (Å²) in [5, 5.41) is 0. The zero-order valence-corrected chi connectivity index (χ0v) is 15.7. The van der Waals surface area contributed by atoms with Crippen molar-refractivity contribution in [2.24, 2.45) is 0 Å². The van der Waals surface area contributed by atoms with Crippen LogP contribution in [0.1, 0.15) is 27.9 Å². The van der Waals surface area contributed by atoms with Crippen molar-refractivity contribution in [3.63, 3.8) is 0 Å². The first kappa shape index (κ1) is 18.6. The normalized spacial score (nSPS) is 15.7. The van der Waals surface area contributed by atoms with Gasteiger partial charge in [-0.15, -0.1) is 0 Å². The second-order valence-corrected chi connectivity index (χ2v) is 6.86. The van der Waals surface area contributed by atoms with Crippen LogP contribution < -0.4 is 5.73 Å². The van der Waals surface area contributed by atoms with E-state index < -0.39 is 0 Å². The predicted molar refractivity (Wildman–Crippen MR) is 109 cm³/mol. The summed E-state index contributed by atoms with van der Waals surface area (Å²) in [7, 11) is 4.12. The Morgan fingerprint density at radius 2 is 1.56 bits per heavy atom. The smallest absolute Gasteiger partial charge is 0.253 e. The minimum absolute atomic E-state index is 0.0852. The van der Waals surface area contributed by atoms with E-state index in [-0.39, 0.29) is 5.91 Å². The molecular formula is C23H23N3O. The van der Waals surface area contributed by atoms with Crippen LogP contribution >= 0.6 is 0 Å². The van der Waals surface area contributed by atoms with E-state index in [0.717, 1.165) is 30.6 Å². The number of amides is 1. The van der Waals surface area contributed by atoms with Crippen molar-refractivity contribution in [3.8, 4) is 23.7 Å². The molecular weight excluding hydrogens is 334 g/mol. The summed E-state index contributed by atoms with van der Waals surface area (Å²) in [5.41, 5.74) is 8.78. The van der Waals surface area contributed by atoms with Crippen molar-refractivity contribution in [1.82, 2.24) is 9.80 Å². The molecule has 0 bridgehead atoms. The topological polar surface area (TPSA) is 49.6 Å². The number of benzene rings is 2. The summed E-state index contributed by atoms with van der Waals surface area (Å²) in [6.45, 7) is 1.60. The van der Waals surface area contributed by atoms with Crippen molar-refractivity contribution in [3.05, 3.63) is 65.2 Å². The molecule has 2 N–H and O–H groups in total. The zero-order chi connectivity index (χ0) is 19.2. The third-order valence-corrected chi connectivity index (χ3v) is 4.70. The van der Waals surface area contributed by atoms with E-state index in [0.29, 0.717) is 17.3 Å². The molecule has 0 saturated carbocycles. The minimum atomic E-state index is 0.0852. The Labute approximate surface area is 161 Å². The summed E-state index contributed by atoms with van der Waals surface area (Å²) in [5.74, 6) is 11.7. The number of nitrogen functional groups attached to an aromatic ring is 1. The van der Waals surface area contributed by atoms with Crippen molar-refractivity contribution in [2.45, 2.75) is 12.5 Å². The quantitative estimate of drug-likeness (QED) is 0.663. The molecule has 1 atom stereocenters. The van der Waals surface area contributed by atoms with E-state index in [1.807, 2.05) is 53.4 Å². The largest absolute Gasteiger partial charge is 0.399 e. The van der Waals surface area contributed by atoms with Crippen LogP contribution in [-0.4, -0.2) is 48.9 Å². The fraction of sp³-hybridized carbons (Fsp3) is 0.261.